The van der Waals surface area contributed by atoms with Crippen LogP contribution in [0.3, 0.4) is 0 Å². The van der Waals surface area contributed by atoms with E-state index in [-0.39, 0.29) is 18.7 Å². The van der Waals surface area contributed by atoms with Crippen LogP contribution in [0.25, 0.3) is 11.1 Å². The van der Waals surface area contributed by atoms with E-state index in [9.17, 15) is 4.79 Å². The summed E-state index contributed by atoms with van der Waals surface area (Å²) in [6.07, 6.45) is 2.02. The van der Waals surface area contributed by atoms with Crippen LogP contribution in [-0.2, 0) is 0 Å². The van der Waals surface area contributed by atoms with E-state index < -0.39 is 0 Å². The molecule has 0 unspecified atom stereocenters. The van der Waals surface area contributed by atoms with E-state index in [0.717, 1.165) is 18.4 Å². The Morgan fingerprint density at radius 1 is 1.55 bits per heavy atom. The van der Waals surface area contributed by atoms with E-state index in [1.807, 2.05) is 6.07 Å². The minimum absolute atomic E-state index is 0.0236. The third kappa shape index (κ3) is 2.60. The molecule has 20 heavy (non-hydrogen) atoms. The van der Waals surface area contributed by atoms with E-state index in [1.165, 1.54) is 0 Å². The molecule has 0 aliphatic heterocycles. The number of benzene rings is 1. The van der Waals surface area contributed by atoms with Crippen LogP contribution in [0.15, 0.2) is 22.6 Å². The van der Waals surface area contributed by atoms with Gasteiger partial charge in [0, 0.05) is 31.3 Å². The van der Waals surface area contributed by atoms with Crippen LogP contribution in [0.4, 0.5) is 10.5 Å². The number of nitrogens with one attached hydrogen (secondary N) is 1. The number of urea groups is 1. The number of hydrogen-bond acceptors (Lipinski definition) is 4. The third-order valence-corrected chi connectivity index (χ3v) is 3.34. The average molecular weight is 275 g/mol. The minimum Gasteiger partial charge on any atom is -0.441 e. The highest BCUT2D eigenvalue weighted by molar-refractivity contribution is 5.92. The molecule has 0 saturated heterocycles. The highest BCUT2D eigenvalue weighted by Crippen LogP contribution is 2.27. The van der Waals surface area contributed by atoms with Crippen molar-refractivity contribution in [3.05, 3.63) is 24.1 Å². The number of oxazole rings is 1. The van der Waals surface area contributed by atoms with E-state index in [1.54, 1.807) is 24.0 Å². The van der Waals surface area contributed by atoms with Crippen molar-refractivity contribution in [1.29, 1.82) is 0 Å². The van der Waals surface area contributed by atoms with Crippen LogP contribution in [0.1, 0.15) is 18.7 Å². The van der Waals surface area contributed by atoms with Gasteiger partial charge in [-0.05, 0) is 25.0 Å². The molecule has 3 rings (SSSR count). The summed E-state index contributed by atoms with van der Waals surface area (Å²) in [6.45, 7) is 2.12. The first-order valence-electron chi connectivity index (χ1n) is 6.73. The third-order valence-electron chi connectivity index (χ3n) is 3.34. The number of aliphatic hydroxyl groups excluding tert-OH is 1. The van der Waals surface area contributed by atoms with E-state index in [4.69, 9.17) is 9.52 Å². The van der Waals surface area contributed by atoms with Gasteiger partial charge in [-0.1, -0.05) is 0 Å². The Hall–Kier alpha value is -2.08. The van der Waals surface area contributed by atoms with Crippen molar-refractivity contribution in [3.63, 3.8) is 0 Å². The van der Waals surface area contributed by atoms with Gasteiger partial charge in [-0.15, -0.1) is 0 Å². The zero-order chi connectivity index (χ0) is 14.1. The summed E-state index contributed by atoms with van der Waals surface area (Å²) >= 11 is 0. The molecule has 1 aliphatic carbocycles. The summed E-state index contributed by atoms with van der Waals surface area (Å²) in [5.41, 5.74) is 2.09. The van der Waals surface area contributed by atoms with Gasteiger partial charge in [-0.25, -0.2) is 9.78 Å². The molecule has 1 heterocycles. The molecule has 0 spiro atoms. The van der Waals surface area contributed by atoms with Crippen molar-refractivity contribution in [1.82, 2.24) is 9.88 Å². The zero-order valence-corrected chi connectivity index (χ0v) is 11.3. The van der Waals surface area contributed by atoms with Gasteiger partial charge in [-0.2, -0.15) is 0 Å². The number of carbonyl (C=O) groups is 1. The molecule has 0 bridgehead atoms. The van der Waals surface area contributed by atoms with Crippen LogP contribution < -0.4 is 5.32 Å². The number of aryl methyl sites for hydroxylation is 1. The molecule has 6 heteroatoms. The van der Waals surface area contributed by atoms with Gasteiger partial charge in [0.05, 0.1) is 6.61 Å². The zero-order valence-electron chi connectivity index (χ0n) is 11.3. The monoisotopic (exact) mass is 275 g/mol. The molecule has 6 nitrogen and oxygen atoms in total. The molecule has 0 atom stereocenters. The summed E-state index contributed by atoms with van der Waals surface area (Å²) in [4.78, 5) is 18.1. The molecule has 1 aliphatic rings. The number of anilines is 1. The van der Waals surface area contributed by atoms with Crippen LogP contribution in [0.2, 0.25) is 0 Å². The maximum atomic E-state index is 12.2. The van der Waals surface area contributed by atoms with Crippen molar-refractivity contribution in [2.24, 2.45) is 0 Å². The van der Waals surface area contributed by atoms with Gasteiger partial charge in [0.15, 0.2) is 11.5 Å². The molecule has 0 radical (unpaired) electrons. The van der Waals surface area contributed by atoms with Gasteiger partial charge < -0.3 is 19.7 Å². The Bertz CT molecular complexity index is 634. The molecule has 1 fully saturated rings. The SMILES string of the molecule is Cc1nc2ccc(NC(=O)N(CCO)C3CC3)cc2o1. The Balaban J connectivity index is 1.75. The Morgan fingerprint density at radius 3 is 3.05 bits per heavy atom. The van der Waals surface area contributed by atoms with Gasteiger partial charge in [-0.3, -0.25) is 0 Å². The fraction of sp³-hybridized carbons (Fsp3) is 0.429. The lowest BCUT2D eigenvalue weighted by atomic mass is 10.3. The Kier molecular flexibility index (Phi) is 3.31. The average Bonchev–Trinajstić information content (AvgIpc) is 3.17. The van der Waals surface area contributed by atoms with Gasteiger partial charge >= 0.3 is 6.03 Å². The lowest BCUT2D eigenvalue weighted by Gasteiger charge is -2.21. The fourth-order valence-electron chi connectivity index (χ4n) is 2.26. The van der Waals surface area contributed by atoms with Crippen molar-refractivity contribution in [3.8, 4) is 0 Å². The van der Waals surface area contributed by atoms with Crippen LogP contribution in [-0.4, -0.2) is 40.2 Å². The number of hydrogen-bond donors (Lipinski definition) is 2. The fourth-order valence-corrected chi connectivity index (χ4v) is 2.26. The van der Waals surface area contributed by atoms with Gasteiger partial charge in [0.2, 0.25) is 0 Å². The second-order valence-corrected chi connectivity index (χ2v) is 4.99. The molecular formula is C14H17N3O3. The second-order valence-electron chi connectivity index (χ2n) is 4.99. The van der Waals surface area contributed by atoms with Crippen molar-refractivity contribution < 1.29 is 14.3 Å². The number of aliphatic hydroxyl groups is 1. The first kappa shape index (κ1) is 12.9. The minimum atomic E-state index is -0.183. The normalized spacial score (nSPS) is 14.5. The van der Waals surface area contributed by atoms with Crippen molar-refractivity contribution in [2.45, 2.75) is 25.8 Å². The number of fused-ring (bicyclic) bond motifs is 1. The van der Waals surface area contributed by atoms with E-state index in [2.05, 4.69) is 10.3 Å². The summed E-state index contributed by atoms with van der Waals surface area (Å²) in [6, 6.07) is 5.45. The molecule has 1 aromatic carbocycles. The molecule has 2 aromatic rings. The predicted molar refractivity (Wildman–Crippen MR) is 74.6 cm³/mol. The summed E-state index contributed by atoms with van der Waals surface area (Å²) < 4.78 is 5.44. The van der Waals surface area contributed by atoms with E-state index in [0.29, 0.717) is 23.7 Å². The smallest absolute Gasteiger partial charge is 0.322 e. The number of aromatic nitrogens is 1. The molecular weight excluding hydrogens is 258 g/mol. The summed E-state index contributed by atoms with van der Waals surface area (Å²) in [5, 5.41) is 11.9. The predicted octanol–water partition coefficient (Wildman–Crippen LogP) is 2.12. The molecule has 1 saturated carbocycles. The molecule has 2 N–H and O–H groups in total. The maximum absolute atomic E-state index is 12.2. The van der Waals surface area contributed by atoms with E-state index >= 15 is 0 Å². The maximum Gasteiger partial charge on any atom is 0.322 e. The van der Waals surface area contributed by atoms with Crippen LogP contribution in [0.5, 0.6) is 0 Å². The number of nitrogens with zero attached hydrogens (tertiary/aromatic N) is 2. The quantitative estimate of drug-likeness (QED) is 0.896. The molecule has 2 amide bonds. The van der Waals surface area contributed by atoms with Crippen LogP contribution in [0, 0.1) is 6.92 Å². The highest BCUT2D eigenvalue weighted by atomic mass is 16.3. The number of amides is 2. The second kappa shape index (κ2) is 5.13. The first-order valence-corrected chi connectivity index (χ1v) is 6.73. The topological polar surface area (TPSA) is 78.6 Å². The summed E-state index contributed by atoms with van der Waals surface area (Å²) in [5.74, 6) is 0.600. The highest BCUT2D eigenvalue weighted by Gasteiger charge is 2.32. The Labute approximate surface area is 116 Å². The number of rotatable bonds is 4. The van der Waals surface area contributed by atoms with Crippen LogP contribution >= 0.6 is 0 Å². The van der Waals surface area contributed by atoms with Gasteiger partial charge in [0.1, 0.15) is 5.52 Å². The Morgan fingerprint density at radius 2 is 2.35 bits per heavy atom. The lowest BCUT2D eigenvalue weighted by molar-refractivity contribution is 0.185. The van der Waals surface area contributed by atoms with Gasteiger partial charge in [0.25, 0.3) is 0 Å². The van der Waals surface area contributed by atoms with Crippen molar-refractivity contribution >= 4 is 22.8 Å². The number of carbonyl (C=O) groups excluding carboxylic acids is 1. The largest absolute Gasteiger partial charge is 0.441 e. The molecule has 106 valence electrons. The van der Waals surface area contributed by atoms with Crippen molar-refractivity contribution in [2.75, 3.05) is 18.5 Å². The molecule has 1 aromatic heterocycles. The first-order chi connectivity index (χ1) is 9.67. The lowest BCUT2D eigenvalue weighted by Crippen LogP contribution is -2.38. The standard InChI is InChI=1S/C14H17N3O3/c1-9-15-12-5-2-10(8-13(12)20-9)16-14(19)17(6-7-18)11-3-4-11/h2,5,8,11,18H,3-4,6-7H2,1H3,(H,16,19). The summed E-state index contributed by atoms with van der Waals surface area (Å²) in [7, 11) is 0.